The van der Waals surface area contributed by atoms with Gasteiger partial charge in [0, 0.05) is 0 Å². The molecule has 1 rings (SSSR count). The van der Waals surface area contributed by atoms with E-state index < -0.39 is 13.9 Å². The van der Waals surface area contributed by atoms with Gasteiger partial charge in [-0.1, -0.05) is 35.9 Å². The third kappa shape index (κ3) is 13.7. The zero-order chi connectivity index (χ0) is 9.61. The van der Waals surface area contributed by atoms with Crippen molar-refractivity contribution in [2.45, 2.75) is 6.92 Å². The average molecular weight is 353 g/mol. The molecular weight excluding hydrogens is 345 g/mol. The molecule has 0 atom stereocenters. The predicted molar refractivity (Wildman–Crippen MR) is 60.3 cm³/mol. The molecule has 0 fully saturated rings. The number of hydrogen-bond donors (Lipinski definition) is 0. The SMILES string of the molecule is Cc1ccccc1.[Cl][Sn]([Cl])([Cl])[Cl]. The Morgan fingerprint density at radius 2 is 1.25 bits per heavy atom. The molecule has 0 aliphatic rings. The van der Waals surface area contributed by atoms with Gasteiger partial charge in [-0.15, -0.1) is 0 Å². The van der Waals surface area contributed by atoms with Gasteiger partial charge < -0.3 is 0 Å². The van der Waals surface area contributed by atoms with Gasteiger partial charge in [0.2, 0.25) is 0 Å². The minimum absolute atomic E-state index is 1.32. The molecule has 12 heavy (non-hydrogen) atoms. The van der Waals surface area contributed by atoms with Crippen LogP contribution in [0.15, 0.2) is 30.3 Å². The zero-order valence-corrected chi connectivity index (χ0v) is 12.3. The molecule has 0 bridgehead atoms. The van der Waals surface area contributed by atoms with Gasteiger partial charge in [0.05, 0.1) is 0 Å². The van der Waals surface area contributed by atoms with Gasteiger partial charge in [0.25, 0.3) is 0 Å². The molecule has 1 aromatic carbocycles. The summed E-state index contributed by atoms with van der Waals surface area (Å²) in [4.78, 5) is 0. The van der Waals surface area contributed by atoms with Crippen molar-refractivity contribution in [2.75, 3.05) is 0 Å². The van der Waals surface area contributed by atoms with Crippen LogP contribution >= 0.6 is 35.7 Å². The quantitative estimate of drug-likeness (QED) is 0.608. The number of benzene rings is 1. The molecule has 0 saturated heterocycles. The zero-order valence-electron chi connectivity index (χ0n) is 6.40. The second-order valence-corrected chi connectivity index (χ2v) is 27.5. The van der Waals surface area contributed by atoms with Crippen molar-refractivity contribution in [1.29, 1.82) is 0 Å². The van der Waals surface area contributed by atoms with Crippen LogP contribution in [0.1, 0.15) is 5.56 Å². The monoisotopic (exact) mass is 352 g/mol. The van der Waals surface area contributed by atoms with Crippen LogP contribution in [0.3, 0.4) is 0 Å². The first-order valence-corrected chi connectivity index (χ1v) is 17.6. The van der Waals surface area contributed by atoms with E-state index >= 15 is 0 Å². The van der Waals surface area contributed by atoms with Crippen molar-refractivity contribution in [3.05, 3.63) is 35.9 Å². The second kappa shape index (κ2) is 6.61. The van der Waals surface area contributed by atoms with E-state index in [0.29, 0.717) is 0 Å². The third-order valence-corrected chi connectivity index (χ3v) is 0.940. The van der Waals surface area contributed by atoms with E-state index in [1.165, 1.54) is 5.56 Å². The molecule has 0 spiro atoms. The van der Waals surface area contributed by atoms with E-state index in [-0.39, 0.29) is 0 Å². The first-order valence-electron chi connectivity index (χ1n) is 3.17. The number of hydrogen-bond acceptors (Lipinski definition) is 0. The van der Waals surface area contributed by atoms with Crippen molar-refractivity contribution in [2.24, 2.45) is 0 Å². The van der Waals surface area contributed by atoms with Crippen LogP contribution < -0.4 is 0 Å². The first kappa shape index (κ1) is 13.2. The van der Waals surface area contributed by atoms with Crippen LogP contribution in [-0.4, -0.2) is 13.9 Å². The van der Waals surface area contributed by atoms with Gasteiger partial charge in [0.1, 0.15) is 0 Å². The van der Waals surface area contributed by atoms with Gasteiger partial charge in [-0.05, 0) is 6.92 Å². The summed E-state index contributed by atoms with van der Waals surface area (Å²) < 4.78 is 0. The molecule has 0 aliphatic heterocycles. The first-order chi connectivity index (χ1) is 5.39. The number of rotatable bonds is 0. The summed E-state index contributed by atoms with van der Waals surface area (Å²) in [5, 5.41) is 0. The molecule has 0 saturated carbocycles. The van der Waals surface area contributed by atoms with E-state index in [4.69, 9.17) is 35.7 Å². The van der Waals surface area contributed by atoms with Crippen molar-refractivity contribution in [3.8, 4) is 0 Å². The van der Waals surface area contributed by atoms with E-state index in [1.807, 2.05) is 18.2 Å². The molecule has 68 valence electrons. The van der Waals surface area contributed by atoms with Gasteiger partial charge in [0.15, 0.2) is 0 Å². The van der Waals surface area contributed by atoms with E-state index in [1.54, 1.807) is 0 Å². The molecule has 0 nitrogen and oxygen atoms in total. The van der Waals surface area contributed by atoms with Crippen LogP contribution in [-0.2, 0) is 0 Å². The summed E-state index contributed by atoms with van der Waals surface area (Å²) in [5.74, 6) is 0. The average Bonchev–Trinajstić information content (AvgIpc) is 1.85. The van der Waals surface area contributed by atoms with Crippen LogP contribution in [0.25, 0.3) is 0 Å². The molecule has 0 unspecified atom stereocenters. The van der Waals surface area contributed by atoms with Crippen molar-refractivity contribution in [3.63, 3.8) is 0 Å². The Morgan fingerprint density at radius 3 is 1.42 bits per heavy atom. The van der Waals surface area contributed by atoms with Crippen LogP contribution in [0.2, 0.25) is 0 Å². The van der Waals surface area contributed by atoms with Crippen LogP contribution in [0, 0.1) is 6.92 Å². The standard InChI is InChI=1S/C7H8.4ClH.Sn/c1-7-5-3-2-4-6-7;;;;;/h2-6H,1H3;4*1H;/q;;;;;+4/p-4. The second-order valence-electron chi connectivity index (χ2n) is 2.08. The maximum atomic E-state index is 5.04. The Balaban J connectivity index is 0.000000217. The summed E-state index contributed by atoms with van der Waals surface area (Å²) >= 11 is -3.29. The third-order valence-electron chi connectivity index (χ3n) is 0.940. The molecule has 5 heteroatoms. The van der Waals surface area contributed by atoms with Gasteiger partial charge >= 0.3 is 49.6 Å². The molecule has 0 aromatic heterocycles. The summed E-state index contributed by atoms with van der Waals surface area (Å²) in [6, 6.07) is 10.3. The molecular formula is C7H8Cl4Sn. The van der Waals surface area contributed by atoms with Gasteiger partial charge in [-0.2, -0.15) is 0 Å². The fourth-order valence-corrected chi connectivity index (χ4v) is 0.534. The topological polar surface area (TPSA) is 0 Å². The summed E-state index contributed by atoms with van der Waals surface area (Å²) in [6.45, 7) is 2.08. The predicted octanol–water partition coefficient (Wildman–Crippen LogP) is 4.37. The summed E-state index contributed by atoms with van der Waals surface area (Å²) in [6.07, 6.45) is 0. The molecule has 0 aliphatic carbocycles. The normalized spacial score (nSPS) is 10.1. The Hall–Kier alpha value is 1.18. The Labute approximate surface area is 91.5 Å². The molecule has 0 N–H and O–H groups in total. The molecule has 0 amide bonds. The molecule has 0 radical (unpaired) electrons. The van der Waals surface area contributed by atoms with Crippen molar-refractivity contribution < 1.29 is 0 Å². The Morgan fingerprint density at radius 1 is 0.917 bits per heavy atom. The molecule has 1 aromatic rings. The Kier molecular flexibility index (Phi) is 7.25. The summed E-state index contributed by atoms with van der Waals surface area (Å²) in [7, 11) is 20.1. The summed E-state index contributed by atoms with van der Waals surface area (Å²) in [5.41, 5.74) is 1.32. The van der Waals surface area contributed by atoms with E-state index in [9.17, 15) is 0 Å². The fourth-order valence-electron chi connectivity index (χ4n) is 0.534. The van der Waals surface area contributed by atoms with E-state index in [0.717, 1.165) is 0 Å². The number of halogens is 4. The van der Waals surface area contributed by atoms with Gasteiger partial charge in [-0.3, -0.25) is 0 Å². The van der Waals surface area contributed by atoms with Gasteiger partial charge in [-0.25, -0.2) is 0 Å². The van der Waals surface area contributed by atoms with Crippen LogP contribution in [0.5, 0.6) is 0 Å². The minimum atomic E-state index is -3.29. The van der Waals surface area contributed by atoms with Crippen molar-refractivity contribution >= 4 is 49.6 Å². The maximum absolute atomic E-state index is 5.04. The Bertz CT molecular complexity index is 200. The molecule has 0 heterocycles. The van der Waals surface area contributed by atoms with Crippen molar-refractivity contribution in [1.82, 2.24) is 0 Å². The fraction of sp³-hybridized carbons (Fsp3) is 0.143. The van der Waals surface area contributed by atoms with Crippen LogP contribution in [0.4, 0.5) is 0 Å². The number of aryl methyl sites for hydroxylation is 1. The van der Waals surface area contributed by atoms with E-state index in [2.05, 4.69) is 19.1 Å².